The quantitative estimate of drug-likeness (QED) is 0.694. The number of hydrogen-bond acceptors (Lipinski definition) is 2. The summed E-state index contributed by atoms with van der Waals surface area (Å²) in [5.74, 6) is -1.54. The molecule has 1 aromatic carbocycles. The Morgan fingerprint density at radius 2 is 2.00 bits per heavy atom. The molecule has 12 heavy (non-hydrogen) atoms. The molecule has 0 spiro atoms. The van der Waals surface area contributed by atoms with E-state index in [1.54, 1.807) is 6.07 Å². The molecule has 62 valence electrons. The Bertz CT molecular complexity index is 342. The minimum Gasteiger partial charge on any atom is -0.386 e. The van der Waals surface area contributed by atoms with Crippen LogP contribution < -0.4 is 5.32 Å². The predicted octanol–water partition coefficient (Wildman–Crippen LogP) is 1.88. The van der Waals surface area contributed by atoms with Crippen LogP contribution in [0.15, 0.2) is 12.1 Å². The maximum absolute atomic E-state index is 12.8. The number of rotatable bonds is 1. The summed E-state index contributed by atoms with van der Waals surface area (Å²) in [5.41, 5.74) is -0.0475. The standard InChI is InChI=1S/C8H6F2N2/c1-12-8-2-5(4-11)6(9)3-7(8)10/h2-3,12H,1H3. The molecule has 0 unspecified atom stereocenters. The molecular formula is C8H6F2N2. The molecule has 2 nitrogen and oxygen atoms in total. The molecule has 0 amide bonds. The van der Waals surface area contributed by atoms with Gasteiger partial charge < -0.3 is 5.32 Å². The van der Waals surface area contributed by atoms with Crippen LogP contribution in [0.2, 0.25) is 0 Å². The lowest BCUT2D eigenvalue weighted by Gasteiger charge is -2.02. The first-order valence-corrected chi connectivity index (χ1v) is 3.26. The maximum Gasteiger partial charge on any atom is 0.149 e. The van der Waals surface area contributed by atoms with Crippen LogP contribution >= 0.6 is 0 Å². The van der Waals surface area contributed by atoms with Gasteiger partial charge in [-0.15, -0.1) is 0 Å². The maximum atomic E-state index is 12.8. The molecule has 1 aromatic rings. The normalized spacial score (nSPS) is 9.17. The zero-order valence-corrected chi connectivity index (χ0v) is 6.36. The van der Waals surface area contributed by atoms with Gasteiger partial charge in [-0.05, 0) is 6.07 Å². The van der Waals surface area contributed by atoms with Crippen LogP contribution in [0, 0.1) is 23.0 Å². The van der Waals surface area contributed by atoms with Crippen molar-refractivity contribution >= 4 is 5.69 Å². The Morgan fingerprint density at radius 1 is 1.33 bits per heavy atom. The molecule has 0 bridgehead atoms. The average Bonchev–Trinajstić information content (AvgIpc) is 2.05. The molecule has 0 aliphatic rings. The van der Waals surface area contributed by atoms with Crippen molar-refractivity contribution in [1.82, 2.24) is 0 Å². The average molecular weight is 168 g/mol. The van der Waals surface area contributed by atoms with Gasteiger partial charge in [-0.3, -0.25) is 0 Å². The molecule has 0 fully saturated rings. The molecule has 0 aliphatic heterocycles. The molecule has 0 radical (unpaired) electrons. The van der Waals surface area contributed by atoms with Gasteiger partial charge in [0.1, 0.15) is 17.7 Å². The van der Waals surface area contributed by atoms with Crippen LogP contribution in [0.25, 0.3) is 0 Å². The first kappa shape index (κ1) is 8.47. The fraction of sp³-hybridized carbons (Fsp3) is 0.125. The van der Waals surface area contributed by atoms with Gasteiger partial charge in [-0.2, -0.15) is 5.26 Å². The third kappa shape index (κ3) is 1.35. The number of halogens is 2. The van der Waals surface area contributed by atoms with Crippen LogP contribution in [-0.4, -0.2) is 7.05 Å². The molecule has 0 atom stereocenters. The van der Waals surface area contributed by atoms with E-state index in [1.807, 2.05) is 0 Å². The molecule has 0 aromatic heterocycles. The Hall–Kier alpha value is -1.63. The highest BCUT2D eigenvalue weighted by Crippen LogP contribution is 2.17. The van der Waals surface area contributed by atoms with Gasteiger partial charge in [0.05, 0.1) is 11.3 Å². The number of nitrogens with zero attached hydrogens (tertiary/aromatic N) is 1. The third-order valence-electron chi connectivity index (χ3n) is 1.45. The van der Waals surface area contributed by atoms with Crippen molar-refractivity contribution in [1.29, 1.82) is 5.26 Å². The number of anilines is 1. The molecule has 0 saturated heterocycles. The van der Waals surface area contributed by atoms with Gasteiger partial charge in [0, 0.05) is 13.1 Å². The van der Waals surface area contributed by atoms with Crippen molar-refractivity contribution in [3.63, 3.8) is 0 Å². The monoisotopic (exact) mass is 168 g/mol. The smallest absolute Gasteiger partial charge is 0.149 e. The minimum atomic E-state index is -0.839. The Balaban J connectivity index is 3.30. The van der Waals surface area contributed by atoms with Gasteiger partial charge in [-0.1, -0.05) is 0 Å². The van der Waals surface area contributed by atoms with E-state index in [0.717, 1.165) is 6.07 Å². The van der Waals surface area contributed by atoms with Crippen molar-refractivity contribution in [2.75, 3.05) is 12.4 Å². The van der Waals surface area contributed by atoms with Crippen LogP contribution in [0.4, 0.5) is 14.5 Å². The summed E-state index contributed by atoms with van der Waals surface area (Å²) >= 11 is 0. The van der Waals surface area contributed by atoms with E-state index in [1.165, 1.54) is 7.05 Å². The number of benzene rings is 1. The summed E-state index contributed by atoms with van der Waals surface area (Å²) in [5, 5.41) is 10.9. The zero-order chi connectivity index (χ0) is 9.14. The van der Waals surface area contributed by atoms with Gasteiger partial charge in [0.2, 0.25) is 0 Å². The van der Waals surface area contributed by atoms with E-state index >= 15 is 0 Å². The fourth-order valence-corrected chi connectivity index (χ4v) is 0.826. The molecule has 1 rings (SSSR count). The summed E-state index contributed by atoms with van der Waals surface area (Å²) < 4.78 is 25.4. The number of nitrogens with one attached hydrogen (secondary N) is 1. The Morgan fingerprint density at radius 3 is 2.50 bits per heavy atom. The van der Waals surface area contributed by atoms with Crippen LogP contribution in [0.1, 0.15) is 5.56 Å². The lowest BCUT2D eigenvalue weighted by Crippen LogP contribution is -1.95. The number of nitriles is 1. The van der Waals surface area contributed by atoms with Gasteiger partial charge in [0.15, 0.2) is 0 Å². The van der Waals surface area contributed by atoms with Crippen LogP contribution in [0.5, 0.6) is 0 Å². The molecule has 0 saturated carbocycles. The largest absolute Gasteiger partial charge is 0.386 e. The third-order valence-corrected chi connectivity index (χ3v) is 1.45. The fourth-order valence-electron chi connectivity index (χ4n) is 0.826. The first-order chi connectivity index (χ1) is 5.69. The summed E-state index contributed by atoms with van der Waals surface area (Å²) in [4.78, 5) is 0. The van der Waals surface area contributed by atoms with Crippen LogP contribution in [-0.2, 0) is 0 Å². The Kier molecular flexibility index (Phi) is 2.24. The lowest BCUT2D eigenvalue weighted by molar-refractivity contribution is 0.583. The van der Waals surface area contributed by atoms with E-state index in [0.29, 0.717) is 6.07 Å². The van der Waals surface area contributed by atoms with Crippen LogP contribution in [0.3, 0.4) is 0 Å². The second-order valence-corrected chi connectivity index (χ2v) is 2.17. The van der Waals surface area contributed by atoms with Gasteiger partial charge in [0.25, 0.3) is 0 Å². The van der Waals surface area contributed by atoms with Gasteiger partial charge >= 0.3 is 0 Å². The summed E-state index contributed by atoms with van der Waals surface area (Å²) in [6, 6.07) is 3.43. The van der Waals surface area contributed by atoms with Crippen molar-refractivity contribution in [3.05, 3.63) is 29.3 Å². The SMILES string of the molecule is CNc1cc(C#N)c(F)cc1F. The Labute approximate surface area is 68.4 Å². The summed E-state index contributed by atoms with van der Waals surface area (Å²) in [6.07, 6.45) is 0. The van der Waals surface area contributed by atoms with E-state index in [2.05, 4.69) is 5.32 Å². The van der Waals surface area contributed by atoms with Crippen molar-refractivity contribution in [2.45, 2.75) is 0 Å². The lowest BCUT2D eigenvalue weighted by atomic mass is 10.2. The minimum absolute atomic E-state index is 0.118. The highest BCUT2D eigenvalue weighted by molar-refractivity contribution is 5.50. The second kappa shape index (κ2) is 3.18. The van der Waals surface area contributed by atoms with E-state index in [9.17, 15) is 8.78 Å². The van der Waals surface area contributed by atoms with Crippen molar-refractivity contribution in [3.8, 4) is 6.07 Å². The summed E-state index contributed by atoms with van der Waals surface area (Å²) in [6.45, 7) is 0. The molecule has 0 heterocycles. The van der Waals surface area contributed by atoms with E-state index < -0.39 is 11.6 Å². The van der Waals surface area contributed by atoms with Gasteiger partial charge in [-0.25, -0.2) is 8.78 Å². The van der Waals surface area contributed by atoms with E-state index in [4.69, 9.17) is 5.26 Å². The summed E-state index contributed by atoms with van der Waals surface area (Å²) in [7, 11) is 1.50. The highest BCUT2D eigenvalue weighted by atomic mass is 19.1. The molecule has 1 N–H and O–H groups in total. The number of hydrogen-bond donors (Lipinski definition) is 1. The highest BCUT2D eigenvalue weighted by Gasteiger charge is 2.07. The van der Waals surface area contributed by atoms with Crippen molar-refractivity contribution < 1.29 is 8.78 Å². The molecule has 4 heteroatoms. The van der Waals surface area contributed by atoms with Crippen molar-refractivity contribution in [2.24, 2.45) is 0 Å². The molecule has 0 aliphatic carbocycles. The molecular weight excluding hydrogens is 162 g/mol. The van der Waals surface area contributed by atoms with E-state index in [-0.39, 0.29) is 11.3 Å². The first-order valence-electron chi connectivity index (χ1n) is 3.26. The second-order valence-electron chi connectivity index (χ2n) is 2.17. The topological polar surface area (TPSA) is 35.8 Å². The zero-order valence-electron chi connectivity index (χ0n) is 6.36. The predicted molar refractivity (Wildman–Crippen MR) is 40.6 cm³/mol.